The van der Waals surface area contributed by atoms with Crippen LogP contribution in [0.15, 0.2) is 128 Å². The minimum absolute atomic E-state index is 0.0561. The fraction of sp³-hybridized carbons (Fsp3) is 0.0857. The molecule has 10 aromatic rings. The normalized spacial score (nSPS) is 15.5. The lowest BCUT2D eigenvalue weighted by Gasteiger charge is -2.31. The molecular weight excluding hydrogens is 1280 g/mol. The summed E-state index contributed by atoms with van der Waals surface area (Å²) in [7, 11) is 0. The molecule has 0 amide bonds. The second-order valence-electron chi connectivity index (χ2n) is 22.6. The number of carbonyl (C=O) groups is 2. The zero-order chi connectivity index (χ0) is 64.8. The van der Waals surface area contributed by atoms with Gasteiger partial charge in [0.05, 0.1) is 66.0 Å². The molecule has 0 unspecified atom stereocenters. The molecule has 8 heterocycles. The Balaban J connectivity index is 0.936. The lowest BCUT2D eigenvalue weighted by Crippen LogP contribution is -2.27. The van der Waals surface area contributed by atoms with Crippen molar-refractivity contribution in [1.29, 1.82) is 15.8 Å². The Morgan fingerprint density at radius 2 is 0.989 bits per heavy atom. The number of nitrogens with zero attached hydrogens (tertiary/aromatic N) is 10. The number of rotatable bonds is 6. The van der Waals surface area contributed by atoms with E-state index in [4.69, 9.17) is 47.9 Å². The number of ether oxygens (including phenoxy) is 2. The van der Waals surface area contributed by atoms with Gasteiger partial charge >= 0.3 is 5.82 Å². The van der Waals surface area contributed by atoms with Crippen LogP contribution in [0.2, 0.25) is 0 Å². The predicted octanol–water partition coefficient (Wildman–Crippen LogP) is 19.7. The van der Waals surface area contributed by atoms with Crippen LogP contribution in [0.4, 0.5) is 34.6 Å². The van der Waals surface area contributed by atoms with Crippen molar-refractivity contribution in [3.63, 3.8) is 0 Å². The van der Waals surface area contributed by atoms with E-state index < -0.39 is 57.4 Å². The molecule has 0 atom stereocenters. The van der Waals surface area contributed by atoms with Crippen LogP contribution < -0.4 is 9.47 Å². The number of hydrogen-bond donors (Lipinski definition) is 0. The number of Topliss-reactive ketones (excluding diaryl/α,β-unsaturated/α-hetero) is 2. The van der Waals surface area contributed by atoms with Crippen molar-refractivity contribution in [2.45, 2.75) is 38.9 Å². The topological polar surface area (TPSA) is 188 Å². The Labute approximate surface area is 544 Å². The quantitative estimate of drug-likeness (QED) is 0.0675. The molecule has 93 heavy (non-hydrogen) atoms. The zero-order valence-corrected chi connectivity index (χ0v) is 52.1. The van der Waals surface area contributed by atoms with Crippen molar-refractivity contribution < 1.29 is 36.6 Å². The van der Waals surface area contributed by atoms with Gasteiger partial charge in [-0.15, -0.1) is 45.3 Å². The third-order valence-corrected chi connectivity index (χ3v) is 21.7. The zero-order valence-electron chi connectivity index (χ0n) is 48.1. The number of fused-ring (bicyclic) bond motifs is 10. The van der Waals surface area contributed by atoms with Crippen LogP contribution in [0.25, 0.3) is 112 Å². The van der Waals surface area contributed by atoms with Gasteiger partial charge in [-0.1, -0.05) is 36.4 Å². The highest BCUT2D eigenvalue weighted by atomic mass is 32.1. The maximum absolute atomic E-state index is 14.8. The maximum atomic E-state index is 14.8. The van der Waals surface area contributed by atoms with Crippen molar-refractivity contribution >= 4 is 120 Å². The van der Waals surface area contributed by atoms with E-state index in [9.17, 15) is 42.9 Å². The molecule has 0 spiro atoms. The van der Waals surface area contributed by atoms with Gasteiger partial charge in [-0.3, -0.25) is 9.59 Å². The molecule has 2 aliphatic carbocycles. The van der Waals surface area contributed by atoms with Gasteiger partial charge in [-0.2, -0.15) is 34.2 Å². The minimum Gasteiger partial charge on any atom is -0.482 e. The molecule has 0 radical (unpaired) electrons. The van der Waals surface area contributed by atoms with Gasteiger partial charge in [0.15, 0.2) is 40.5 Å². The van der Waals surface area contributed by atoms with Crippen molar-refractivity contribution in [3.8, 4) is 92.6 Å². The average molecular weight is 1310 g/mol. The lowest BCUT2D eigenvalue weighted by molar-refractivity contribution is 0.103. The van der Waals surface area contributed by atoms with E-state index in [0.717, 1.165) is 56.5 Å². The van der Waals surface area contributed by atoms with E-state index >= 15 is 0 Å². The summed E-state index contributed by atoms with van der Waals surface area (Å²) in [6.07, 6.45) is 3.01. The van der Waals surface area contributed by atoms with E-state index in [-0.39, 0.29) is 44.5 Å². The second kappa shape index (κ2) is 21.1. The molecule has 15 rings (SSSR count). The molecular formula is C70H30F4N10O4S5. The predicted molar refractivity (Wildman–Crippen MR) is 349 cm³/mol. The van der Waals surface area contributed by atoms with Crippen molar-refractivity contribution in [3.05, 3.63) is 226 Å². The molecule has 0 saturated carbocycles. The summed E-state index contributed by atoms with van der Waals surface area (Å²) in [6.45, 7) is 31.0. The fourth-order valence-corrected chi connectivity index (χ4v) is 17.8. The number of aromatic nitrogens is 2. The summed E-state index contributed by atoms with van der Waals surface area (Å²) >= 11 is 6.43. The third kappa shape index (κ3) is 8.90. The van der Waals surface area contributed by atoms with Crippen LogP contribution >= 0.6 is 45.3 Å². The molecule has 5 aromatic carbocycles. The van der Waals surface area contributed by atoms with E-state index in [1.807, 2.05) is 52.0 Å². The standard InChI is InChI=1S/C70H30F4N10O4S5/c1-69(2)42-24-50(91-64(42)66-48(87-69)18-34(89-66)16-40-52(32(27-76)28-77)36-20-44(71)46(73)22-38(36)62(40)85)54-58-59(82-57(31-12-14-33(78-5)15-13-31)56(81-58)30-10-8-29(26-75)9-11-30)55(61-60(54)83-93-84-61)51-25-43-65(92-51)67-49(88-70(43,3)4)19-35(90-67)17-41-53(68(79-6)80-7)37-21-45(72)47(74)23-39(37)63(41)86/h8-25H,1-4H3/b40-16-,41-17-. The Kier molecular flexibility index (Phi) is 13.2. The summed E-state index contributed by atoms with van der Waals surface area (Å²) in [5.41, 5.74) is 4.27. The van der Waals surface area contributed by atoms with E-state index in [1.165, 1.54) is 57.5 Å². The van der Waals surface area contributed by atoms with Gasteiger partial charge in [0, 0.05) is 75.2 Å². The van der Waals surface area contributed by atoms with E-state index in [1.54, 1.807) is 60.7 Å². The Bertz CT molecular complexity index is 5350. The van der Waals surface area contributed by atoms with Crippen LogP contribution in [0.5, 0.6) is 11.5 Å². The van der Waals surface area contributed by atoms with Crippen molar-refractivity contribution in [2.24, 2.45) is 8.73 Å². The van der Waals surface area contributed by atoms with E-state index in [2.05, 4.69) is 20.6 Å². The summed E-state index contributed by atoms with van der Waals surface area (Å²) < 4.78 is 82.5. The second-order valence-corrected chi connectivity index (χ2v) is 27.4. The number of carbonyl (C=O) groups excluding carboxylic acids is 2. The Morgan fingerprint density at radius 3 is 1.42 bits per heavy atom. The molecule has 3 aliphatic heterocycles. The number of benzene rings is 5. The molecule has 5 aromatic heterocycles. The molecule has 23 heteroatoms. The number of ketones is 2. The van der Waals surface area contributed by atoms with Crippen molar-refractivity contribution in [1.82, 2.24) is 9.97 Å². The first kappa shape index (κ1) is 58.0. The van der Waals surface area contributed by atoms with Crippen LogP contribution in [0, 0.1) is 77.0 Å². The van der Waals surface area contributed by atoms with E-state index in [0.29, 0.717) is 108 Å². The van der Waals surface area contributed by atoms with Crippen LogP contribution in [-0.4, -0.2) is 21.5 Å². The number of nitriles is 3. The number of allylic oxidation sites excluding steroid dienone is 5. The highest BCUT2D eigenvalue weighted by Crippen LogP contribution is 2.62. The summed E-state index contributed by atoms with van der Waals surface area (Å²) in [4.78, 5) is 55.1. The highest BCUT2D eigenvalue weighted by Gasteiger charge is 2.43. The largest absolute Gasteiger partial charge is 0.528 e. The molecule has 0 N–H and O–H groups in total. The monoisotopic (exact) mass is 1310 g/mol. The minimum atomic E-state index is -1.26. The van der Waals surface area contributed by atoms with Gasteiger partial charge in [0.2, 0.25) is 0 Å². The summed E-state index contributed by atoms with van der Waals surface area (Å²) in [5.74, 6) is -5.90. The molecule has 442 valence electrons. The van der Waals surface area contributed by atoms with Gasteiger partial charge in [-0.05, 0) is 117 Å². The maximum Gasteiger partial charge on any atom is 0.528 e. The smallest absolute Gasteiger partial charge is 0.482 e. The molecule has 14 nitrogen and oxygen atoms in total. The number of thiophene rings is 4. The SMILES string of the molecule is [C-]#[N+]C([N+]#[C-])=C1/C(=C/c2cc3c(s2)-c2sc(-c4c5c(c(-c6cc7c(s6)-c6sc(/C=C8\C(=O)c9cc(F)c(F)cc9C8=C(C#N)C#N)cc6OC7(C)C)c6nc(-c7ccc(C#N)cc7)c(-c7ccc([N+]#[C-])cc7)nc46)N=S=N5)cc2C(C)(C)O3)C(=O)c2cc(F)c(F)cc21. The highest BCUT2D eigenvalue weighted by molar-refractivity contribution is 7.58. The number of hydrogen-bond acceptors (Lipinski definition) is 15. The molecule has 0 fully saturated rings. The lowest BCUT2D eigenvalue weighted by atomic mass is 9.92. The molecule has 5 aliphatic rings. The average Bonchev–Trinajstić information content (AvgIpc) is 1.64. The van der Waals surface area contributed by atoms with Crippen molar-refractivity contribution in [2.75, 3.05) is 0 Å². The first-order valence-corrected chi connectivity index (χ1v) is 31.7. The Morgan fingerprint density at radius 1 is 0.559 bits per heavy atom. The van der Waals surface area contributed by atoms with Crippen LogP contribution in [0.1, 0.15) is 86.0 Å². The molecule has 0 saturated heterocycles. The fourth-order valence-electron chi connectivity index (χ4n) is 12.1. The summed E-state index contributed by atoms with van der Waals surface area (Å²) in [6, 6.07) is 30.5. The van der Waals surface area contributed by atoms with Gasteiger partial charge in [0.1, 0.15) is 76.0 Å². The van der Waals surface area contributed by atoms with Gasteiger partial charge in [0.25, 0.3) is 0 Å². The first-order chi connectivity index (χ1) is 44.7. The van der Waals surface area contributed by atoms with Crippen LogP contribution in [0.3, 0.4) is 0 Å². The molecule has 0 bridgehead atoms. The first-order valence-electron chi connectivity index (χ1n) is 27.7. The Hall–Kier alpha value is -11.4. The van der Waals surface area contributed by atoms with Gasteiger partial charge in [-0.25, -0.2) is 32.4 Å². The summed E-state index contributed by atoms with van der Waals surface area (Å²) in [5, 5.41) is 30.0. The van der Waals surface area contributed by atoms with Crippen LogP contribution in [-0.2, 0) is 22.6 Å². The number of halogens is 4. The van der Waals surface area contributed by atoms with Gasteiger partial charge < -0.3 is 9.47 Å². The third-order valence-electron chi connectivity index (χ3n) is 16.4.